The van der Waals surface area contributed by atoms with Gasteiger partial charge in [-0.15, -0.1) is 0 Å². The van der Waals surface area contributed by atoms with E-state index in [9.17, 15) is 0 Å². The van der Waals surface area contributed by atoms with Crippen LogP contribution in [0.15, 0.2) is 0 Å². The molecule has 0 saturated carbocycles. The summed E-state index contributed by atoms with van der Waals surface area (Å²) >= 11 is 0. The van der Waals surface area contributed by atoms with Crippen molar-refractivity contribution in [3.05, 3.63) is 0 Å². The van der Waals surface area contributed by atoms with Gasteiger partial charge < -0.3 is 0 Å². The van der Waals surface area contributed by atoms with Crippen molar-refractivity contribution in [3.63, 3.8) is 0 Å². The Labute approximate surface area is 142 Å². The van der Waals surface area contributed by atoms with Gasteiger partial charge in [-0.25, -0.2) is 0 Å². The minimum absolute atomic E-state index is 0.400. The first-order valence-corrected chi connectivity index (χ1v) is 9.77. The van der Waals surface area contributed by atoms with Crippen molar-refractivity contribution < 1.29 is 0 Å². The molecule has 0 spiro atoms. The zero-order valence-corrected chi connectivity index (χ0v) is 17.8. The molecule has 2 unspecified atom stereocenters. The predicted molar refractivity (Wildman–Crippen MR) is 103 cm³/mol. The molecule has 0 aromatic rings. The number of rotatable bonds is 10. The van der Waals surface area contributed by atoms with Gasteiger partial charge in [0, 0.05) is 0 Å². The minimum atomic E-state index is 0.400. The lowest BCUT2D eigenvalue weighted by Gasteiger charge is -2.49. The summed E-state index contributed by atoms with van der Waals surface area (Å²) in [6.07, 6.45) is 7.89. The summed E-state index contributed by atoms with van der Waals surface area (Å²) < 4.78 is 0. The summed E-state index contributed by atoms with van der Waals surface area (Å²) in [5.74, 6) is 0.776. The molecule has 0 aromatic heterocycles. The van der Waals surface area contributed by atoms with Crippen molar-refractivity contribution in [2.45, 2.75) is 115 Å². The zero-order chi connectivity index (χ0) is 17.8. The summed E-state index contributed by atoms with van der Waals surface area (Å²) in [6, 6.07) is 0. The molecule has 0 amide bonds. The maximum Gasteiger partial charge on any atom is -0.0277 e. The summed E-state index contributed by atoms with van der Waals surface area (Å²) in [6.45, 7) is 26.9. The molecule has 0 aliphatic heterocycles. The molecular formula is C22H46. The van der Waals surface area contributed by atoms with Crippen LogP contribution in [-0.4, -0.2) is 0 Å². The SMILES string of the molecule is CCC(C)(C)CCC(C)(CC)C(C)(C)CC(C)C(C)(C)CC. The normalized spacial score (nSPS) is 18.1. The molecule has 2 atom stereocenters. The van der Waals surface area contributed by atoms with Crippen molar-refractivity contribution in [2.24, 2.45) is 27.6 Å². The van der Waals surface area contributed by atoms with Gasteiger partial charge in [0.2, 0.25) is 0 Å². The maximum atomic E-state index is 2.55. The zero-order valence-electron chi connectivity index (χ0n) is 17.8. The van der Waals surface area contributed by atoms with E-state index in [1.807, 2.05) is 0 Å². The molecule has 0 nitrogen and oxygen atoms in total. The molecule has 0 saturated heterocycles. The molecule has 22 heavy (non-hydrogen) atoms. The highest BCUT2D eigenvalue weighted by molar-refractivity contribution is 4.92. The third kappa shape index (κ3) is 5.57. The van der Waals surface area contributed by atoms with E-state index in [2.05, 4.69) is 76.2 Å². The van der Waals surface area contributed by atoms with Gasteiger partial charge >= 0.3 is 0 Å². The van der Waals surface area contributed by atoms with Crippen LogP contribution in [-0.2, 0) is 0 Å². The Morgan fingerprint density at radius 3 is 1.55 bits per heavy atom. The maximum absolute atomic E-state index is 2.55. The molecule has 0 aromatic carbocycles. The Bertz CT molecular complexity index is 321. The first-order chi connectivity index (χ1) is 9.77. The lowest BCUT2D eigenvalue weighted by molar-refractivity contribution is 0.0147. The van der Waals surface area contributed by atoms with Crippen molar-refractivity contribution in [1.82, 2.24) is 0 Å². The van der Waals surface area contributed by atoms with Gasteiger partial charge in [-0.05, 0) is 46.8 Å². The fraction of sp³-hybridized carbons (Fsp3) is 1.00. The highest BCUT2D eigenvalue weighted by Gasteiger charge is 2.42. The molecule has 0 heterocycles. The van der Waals surface area contributed by atoms with Gasteiger partial charge in [0.1, 0.15) is 0 Å². The van der Waals surface area contributed by atoms with E-state index in [0.717, 1.165) is 5.92 Å². The predicted octanol–water partition coefficient (Wildman–Crippen LogP) is 8.11. The highest BCUT2D eigenvalue weighted by Crippen LogP contribution is 2.52. The fourth-order valence-electron chi connectivity index (χ4n) is 3.42. The van der Waals surface area contributed by atoms with Crippen LogP contribution < -0.4 is 0 Å². The van der Waals surface area contributed by atoms with E-state index >= 15 is 0 Å². The lowest BCUT2D eigenvalue weighted by atomic mass is 9.56. The molecule has 0 aliphatic carbocycles. The highest BCUT2D eigenvalue weighted by atomic mass is 14.5. The third-order valence-corrected chi connectivity index (χ3v) is 7.79. The molecule has 134 valence electrons. The van der Waals surface area contributed by atoms with Gasteiger partial charge in [-0.1, -0.05) is 95.4 Å². The summed E-state index contributed by atoms with van der Waals surface area (Å²) in [4.78, 5) is 0. The molecule has 0 rings (SSSR count). The molecule has 0 heteroatoms. The average molecular weight is 311 g/mol. The summed E-state index contributed by atoms with van der Waals surface area (Å²) in [7, 11) is 0. The molecule has 0 N–H and O–H groups in total. The summed E-state index contributed by atoms with van der Waals surface area (Å²) in [5, 5.41) is 0. The van der Waals surface area contributed by atoms with Crippen molar-refractivity contribution in [1.29, 1.82) is 0 Å². The van der Waals surface area contributed by atoms with Crippen LogP contribution in [0.2, 0.25) is 0 Å². The Hall–Kier alpha value is 0. The summed E-state index contributed by atoms with van der Waals surface area (Å²) in [5.41, 5.74) is 1.78. The van der Waals surface area contributed by atoms with Gasteiger partial charge in [0.15, 0.2) is 0 Å². The number of hydrogen-bond donors (Lipinski definition) is 0. The first kappa shape index (κ1) is 22.0. The van der Waals surface area contributed by atoms with Crippen LogP contribution in [0.5, 0.6) is 0 Å². The van der Waals surface area contributed by atoms with Crippen molar-refractivity contribution >= 4 is 0 Å². The second kappa shape index (κ2) is 7.71. The molecular weight excluding hydrogens is 264 g/mol. The van der Waals surface area contributed by atoms with E-state index in [1.54, 1.807) is 0 Å². The lowest BCUT2D eigenvalue weighted by Crippen LogP contribution is -2.39. The van der Waals surface area contributed by atoms with E-state index in [-0.39, 0.29) is 0 Å². The second-order valence-corrected chi connectivity index (χ2v) is 10.3. The second-order valence-electron chi connectivity index (χ2n) is 10.3. The Kier molecular flexibility index (Phi) is 7.71. The van der Waals surface area contributed by atoms with Gasteiger partial charge in [0.05, 0.1) is 0 Å². The van der Waals surface area contributed by atoms with Gasteiger partial charge in [-0.2, -0.15) is 0 Å². The largest absolute Gasteiger partial charge is 0.0649 e. The van der Waals surface area contributed by atoms with Gasteiger partial charge in [-0.3, -0.25) is 0 Å². The molecule has 0 aliphatic rings. The topological polar surface area (TPSA) is 0 Å². The Balaban J connectivity index is 5.09. The van der Waals surface area contributed by atoms with Crippen molar-refractivity contribution in [2.75, 3.05) is 0 Å². The molecule has 0 fully saturated rings. The fourth-order valence-corrected chi connectivity index (χ4v) is 3.42. The third-order valence-electron chi connectivity index (χ3n) is 7.79. The Morgan fingerprint density at radius 1 is 0.682 bits per heavy atom. The minimum Gasteiger partial charge on any atom is -0.0649 e. The van der Waals surface area contributed by atoms with Crippen molar-refractivity contribution in [3.8, 4) is 0 Å². The standard InChI is InChI=1S/C22H46/c1-12-19(5,6)15-16-22(11,14-3)21(9,10)17-18(4)20(7,8)13-2/h18H,12-17H2,1-11H3. The van der Waals surface area contributed by atoms with Crippen LogP contribution in [0.3, 0.4) is 0 Å². The van der Waals surface area contributed by atoms with Crippen LogP contribution >= 0.6 is 0 Å². The quantitative estimate of drug-likeness (QED) is 0.382. The monoisotopic (exact) mass is 310 g/mol. The molecule has 0 bridgehead atoms. The van der Waals surface area contributed by atoms with Crippen LogP contribution in [0.4, 0.5) is 0 Å². The average Bonchev–Trinajstić information content (AvgIpc) is 2.44. The Morgan fingerprint density at radius 2 is 1.18 bits per heavy atom. The van der Waals surface area contributed by atoms with Crippen LogP contribution in [0, 0.1) is 27.6 Å². The first-order valence-electron chi connectivity index (χ1n) is 9.77. The smallest absolute Gasteiger partial charge is 0.0277 e. The van der Waals surface area contributed by atoms with E-state index in [1.165, 1.54) is 38.5 Å². The number of hydrogen-bond acceptors (Lipinski definition) is 0. The van der Waals surface area contributed by atoms with E-state index in [0.29, 0.717) is 21.7 Å². The van der Waals surface area contributed by atoms with E-state index < -0.39 is 0 Å². The van der Waals surface area contributed by atoms with E-state index in [4.69, 9.17) is 0 Å². The van der Waals surface area contributed by atoms with Gasteiger partial charge in [0.25, 0.3) is 0 Å². The van der Waals surface area contributed by atoms with Crippen LogP contribution in [0.1, 0.15) is 115 Å². The van der Waals surface area contributed by atoms with Crippen LogP contribution in [0.25, 0.3) is 0 Å². The molecule has 0 radical (unpaired) electrons.